The lowest BCUT2D eigenvalue weighted by molar-refractivity contribution is -0.186. The van der Waals surface area contributed by atoms with Gasteiger partial charge in [0.25, 0.3) is 11.8 Å². The molecule has 5 amide bonds. The van der Waals surface area contributed by atoms with Gasteiger partial charge in [0.2, 0.25) is 5.91 Å². The number of carbonyl (C=O) groups excluding carboxylic acids is 4. The number of likely N-dealkylation sites (tertiary alicyclic amines) is 1. The highest BCUT2D eigenvalue weighted by Gasteiger charge is 2.44. The lowest BCUT2D eigenvalue weighted by Gasteiger charge is -2.33. The van der Waals surface area contributed by atoms with Gasteiger partial charge in [-0.2, -0.15) is 13.2 Å². The summed E-state index contributed by atoms with van der Waals surface area (Å²) in [7, 11) is 0. The molecule has 2 aliphatic rings. The van der Waals surface area contributed by atoms with Gasteiger partial charge in [-0.05, 0) is 37.0 Å². The molecule has 0 aliphatic carbocycles. The summed E-state index contributed by atoms with van der Waals surface area (Å²) < 4.78 is 40.5. The maximum atomic E-state index is 13.5. The van der Waals surface area contributed by atoms with Crippen LogP contribution in [0.2, 0.25) is 0 Å². The van der Waals surface area contributed by atoms with Gasteiger partial charge in [0.15, 0.2) is 0 Å². The normalized spacial score (nSPS) is 17.4. The first-order chi connectivity index (χ1) is 19.5. The Balaban J connectivity index is 1.45. The van der Waals surface area contributed by atoms with E-state index in [-0.39, 0.29) is 37.1 Å². The highest BCUT2D eigenvalue weighted by molar-refractivity contribution is 6.21. The van der Waals surface area contributed by atoms with Crippen molar-refractivity contribution in [3.05, 3.63) is 71.3 Å². The van der Waals surface area contributed by atoms with Crippen LogP contribution in [0.3, 0.4) is 0 Å². The molecule has 2 atom stereocenters. The smallest absolute Gasteiger partial charge is 0.465 e. The molecule has 0 radical (unpaired) electrons. The molecule has 2 aliphatic heterocycles. The summed E-state index contributed by atoms with van der Waals surface area (Å²) in [6.45, 7) is -0.843. The number of imide groups is 1. The van der Waals surface area contributed by atoms with Crippen LogP contribution in [0, 0.1) is 0 Å². The van der Waals surface area contributed by atoms with E-state index in [1.165, 1.54) is 17.0 Å². The minimum absolute atomic E-state index is 0.0423. The van der Waals surface area contributed by atoms with E-state index in [4.69, 9.17) is 0 Å². The van der Waals surface area contributed by atoms with E-state index < -0.39 is 61.1 Å². The summed E-state index contributed by atoms with van der Waals surface area (Å²) in [6, 6.07) is 12.9. The first kappa shape index (κ1) is 29.6. The Morgan fingerprint density at radius 3 is 2.20 bits per heavy atom. The topological polar surface area (TPSA) is 127 Å². The summed E-state index contributed by atoms with van der Waals surface area (Å²) >= 11 is 0. The van der Waals surface area contributed by atoms with Gasteiger partial charge in [-0.15, -0.1) is 0 Å². The maximum absolute atomic E-state index is 13.5. The molecule has 41 heavy (non-hydrogen) atoms. The molecule has 2 aromatic carbocycles. The second kappa shape index (κ2) is 12.4. The predicted molar refractivity (Wildman–Crippen MR) is 139 cm³/mol. The summed E-state index contributed by atoms with van der Waals surface area (Å²) in [5, 5.41) is 11.5. The van der Waals surface area contributed by atoms with Crippen LogP contribution in [0.4, 0.5) is 18.0 Å². The Bertz CT molecular complexity index is 1280. The Kier molecular flexibility index (Phi) is 8.94. The van der Waals surface area contributed by atoms with Crippen LogP contribution >= 0.6 is 0 Å². The molecular formula is C28H29F3N4O6. The molecule has 0 aromatic heterocycles. The number of carbonyl (C=O) groups is 5. The summed E-state index contributed by atoms with van der Waals surface area (Å²) in [6.07, 6.45) is -5.88. The molecule has 1 saturated heterocycles. The number of alkyl halides is 3. The Labute approximate surface area is 233 Å². The largest absolute Gasteiger partial charge is 0.471 e. The van der Waals surface area contributed by atoms with E-state index in [0.717, 1.165) is 4.90 Å². The van der Waals surface area contributed by atoms with Crippen LogP contribution < -0.4 is 5.32 Å². The summed E-state index contributed by atoms with van der Waals surface area (Å²) in [5.41, 5.74) is 1.11. The lowest BCUT2D eigenvalue weighted by Crippen LogP contribution is -2.54. The van der Waals surface area contributed by atoms with E-state index in [0.29, 0.717) is 23.3 Å². The van der Waals surface area contributed by atoms with Crippen molar-refractivity contribution in [1.29, 1.82) is 0 Å². The number of halogens is 3. The number of amides is 5. The quantitative estimate of drug-likeness (QED) is 0.420. The molecule has 13 heteroatoms. The third kappa shape index (κ3) is 6.84. The van der Waals surface area contributed by atoms with Crippen molar-refractivity contribution in [3.63, 3.8) is 0 Å². The van der Waals surface area contributed by atoms with Gasteiger partial charge in [-0.25, -0.2) is 4.79 Å². The van der Waals surface area contributed by atoms with Crippen LogP contribution in [-0.4, -0.2) is 94.0 Å². The maximum Gasteiger partial charge on any atom is 0.471 e. The number of fused-ring (bicyclic) bond motifs is 1. The van der Waals surface area contributed by atoms with Gasteiger partial charge in [0.1, 0.15) is 6.04 Å². The molecule has 1 fully saturated rings. The zero-order valence-electron chi connectivity index (χ0n) is 22.0. The molecule has 218 valence electrons. The fourth-order valence-electron chi connectivity index (χ4n) is 5.29. The molecule has 0 spiro atoms. The van der Waals surface area contributed by atoms with Crippen molar-refractivity contribution < 1.29 is 42.3 Å². The molecule has 2 aromatic rings. The van der Waals surface area contributed by atoms with Crippen LogP contribution in [-0.2, 0) is 16.0 Å². The van der Waals surface area contributed by atoms with E-state index in [1.54, 1.807) is 42.5 Å². The molecular weight excluding hydrogens is 545 g/mol. The Hall–Kier alpha value is -4.42. The first-order valence-electron chi connectivity index (χ1n) is 13.1. The molecule has 0 saturated carbocycles. The molecule has 0 bridgehead atoms. The van der Waals surface area contributed by atoms with E-state index in [1.807, 2.05) is 0 Å². The van der Waals surface area contributed by atoms with Gasteiger partial charge < -0.3 is 20.2 Å². The number of carboxylic acid groups (broad SMARTS) is 1. The number of nitrogens with one attached hydrogen (secondary N) is 1. The fourth-order valence-corrected chi connectivity index (χ4v) is 5.29. The second-order valence-corrected chi connectivity index (χ2v) is 9.93. The van der Waals surface area contributed by atoms with E-state index in [9.17, 15) is 42.3 Å². The van der Waals surface area contributed by atoms with Crippen molar-refractivity contribution in [1.82, 2.24) is 20.0 Å². The standard InChI is InChI=1S/C28H29F3N4O6/c29-28(30,31)26(39)33(13-7-15-35-23(36)20-11-4-5-12-21(20)24(35)37)17-19-10-6-14-34(19)25(38)22(32-27(40)41)16-18-8-2-1-3-9-18/h1-5,8-9,11-12,19,22,32H,6-7,10,13-17H2,(H,40,41)/t19-,22+/m1/s1. The lowest BCUT2D eigenvalue weighted by atomic mass is 10.0. The highest BCUT2D eigenvalue weighted by Crippen LogP contribution is 2.26. The molecule has 2 N–H and O–H groups in total. The third-order valence-corrected chi connectivity index (χ3v) is 7.19. The van der Waals surface area contributed by atoms with Gasteiger partial charge in [-0.1, -0.05) is 42.5 Å². The van der Waals surface area contributed by atoms with Crippen LogP contribution in [0.5, 0.6) is 0 Å². The van der Waals surface area contributed by atoms with Crippen LogP contribution in [0.25, 0.3) is 0 Å². The summed E-state index contributed by atoms with van der Waals surface area (Å²) in [5.74, 6) is -3.79. The number of hydrogen-bond acceptors (Lipinski definition) is 5. The third-order valence-electron chi connectivity index (χ3n) is 7.19. The highest BCUT2D eigenvalue weighted by atomic mass is 19.4. The minimum Gasteiger partial charge on any atom is -0.465 e. The predicted octanol–water partition coefficient (Wildman–Crippen LogP) is 2.93. The van der Waals surface area contributed by atoms with Crippen LogP contribution in [0.15, 0.2) is 54.6 Å². The number of rotatable bonds is 10. The van der Waals surface area contributed by atoms with Gasteiger partial charge in [0.05, 0.1) is 11.1 Å². The van der Waals surface area contributed by atoms with Crippen molar-refractivity contribution in [2.75, 3.05) is 26.2 Å². The number of hydrogen-bond donors (Lipinski definition) is 2. The Morgan fingerprint density at radius 2 is 1.61 bits per heavy atom. The van der Waals surface area contributed by atoms with Gasteiger partial charge >= 0.3 is 18.2 Å². The van der Waals surface area contributed by atoms with E-state index >= 15 is 0 Å². The molecule has 4 rings (SSSR count). The van der Waals surface area contributed by atoms with Crippen molar-refractivity contribution in [2.24, 2.45) is 0 Å². The summed E-state index contributed by atoms with van der Waals surface area (Å²) in [4.78, 5) is 65.2. The van der Waals surface area contributed by atoms with Crippen molar-refractivity contribution in [2.45, 2.75) is 43.9 Å². The SMILES string of the molecule is O=C(O)N[C@@H](Cc1ccccc1)C(=O)N1CCC[C@@H]1CN(CCCN1C(=O)c2ccccc2C1=O)C(=O)C(F)(F)F. The average Bonchev–Trinajstić information content (AvgIpc) is 3.49. The zero-order valence-corrected chi connectivity index (χ0v) is 22.0. The van der Waals surface area contributed by atoms with Crippen molar-refractivity contribution in [3.8, 4) is 0 Å². The van der Waals surface area contributed by atoms with Crippen molar-refractivity contribution >= 4 is 29.7 Å². The molecule has 0 unspecified atom stereocenters. The number of nitrogens with zero attached hydrogens (tertiary/aromatic N) is 3. The van der Waals surface area contributed by atoms with Gasteiger partial charge in [0, 0.05) is 38.6 Å². The molecule has 10 nitrogen and oxygen atoms in total. The average molecular weight is 575 g/mol. The molecule has 2 heterocycles. The number of benzene rings is 2. The minimum atomic E-state index is -5.18. The monoisotopic (exact) mass is 574 g/mol. The van der Waals surface area contributed by atoms with Gasteiger partial charge in [-0.3, -0.25) is 24.1 Å². The van der Waals surface area contributed by atoms with Crippen LogP contribution in [0.1, 0.15) is 45.5 Å². The second-order valence-electron chi connectivity index (χ2n) is 9.93. The zero-order chi connectivity index (χ0) is 29.7. The first-order valence-corrected chi connectivity index (χ1v) is 13.1. The fraction of sp³-hybridized carbons (Fsp3) is 0.393. The van der Waals surface area contributed by atoms with E-state index in [2.05, 4.69) is 5.32 Å². The Morgan fingerprint density at radius 1 is 1.00 bits per heavy atom.